The normalized spacial score (nSPS) is 12.6. The average molecular weight is 513 g/mol. The predicted molar refractivity (Wildman–Crippen MR) is 157 cm³/mol. The van der Waals surface area contributed by atoms with Crippen LogP contribution in [0.4, 0.5) is 0 Å². The Morgan fingerprint density at radius 1 is 0.789 bits per heavy atom. The number of amides is 2. The van der Waals surface area contributed by atoms with E-state index < -0.39 is 11.6 Å². The molecule has 4 nitrogen and oxygen atoms in total. The lowest BCUT2D eigenvalue weighted by molar-refractivity contribution is -0.141. The van der Waals surface area contributed by atoms with Crippen LogP contribution in [-0.2, 0) is 34.4 Å². The fourth-order valence-corrected chi connectivity index (χ4v) is 4.58. The molecule has 0 aliphatic heterocycles. The molecule has 3 aromatic rings. The fraction of sp³-hybridized carbons (Fsp3) is 0.412. The molecule has 3 rings (SSSR count). The monoisotopic (exact) mass is 512 g/mol. The third kappa shape index (κ3) is 8.86. The van der Waals surface area contributed by atoms with Crippen molar-refractivity contribution in [3.8, 4) is 0 Å². The number of rotatable bonds is 9. The maximum atomic E-state index is 13.9. The molecule has 1 N–H and O–H groups in total. The van der Waals surface area contributed by atoms with Crippen molar-refractivity contribution < 1.29 is 9.59 Å². The van der Waals surface area contributed by atoms with Gasteiger partial charge in [0.15, 0.2) is 0 Å². The van der Waals surface area contributed by atoms with Crippen LogP contribution in [-0.4, -0.2) is 28.3 Å². The van der Waals surface area contributed by atoms with Gasteiger partial charge < -0.3 is 10.2 Å². The largest absolute Gasteiger partial charge is 0.350 e. The molecule has 0 bridgehead atoms. The molecule has 0 spiro atoms. The van der Waals surface area contributed by atoms with E-state index in [1.54, 1.807) is 4.90 Å². The molecule has 0 heterocycles. The Morgan fingerprint density at radius 2 is 1.42 bits per heavy atom. The molecule has 0 fully saturated rings. The highest BCUT2D eigenvalue weighted by Crippen LogP contribution is 2.23. The highest BCUT2D eigenvalue weighted by Gasteiger charge is 2.32. The first-order chi connectivity index (χ1) is 17.8. The fourth-order valence-electron chi connectivity index (χ4n) is 4.58. The van der Waals surface area contributed by atoms with E-state index in [9.17, 15) is 9.59 Å². The van der Waals surface area contributed by atoms with Crippen LogP contribution in [0.2, 0.25) is 0 Å². The first kappa shape index (κ1) is 29.2. The van der Waals surface area contributed by atoms with Crippen molar-refractivity contribution in [3.63, 3.8) is 0 Å². The van der Waals surface area contributed by atoms with Crippen LogP contribution in [0.1, 0.15) is 75.8 Å². The number of carbonyl (C=O) groups is 2. The van der Waals surface area contributed by atoms with Gasteiger partial charge in [-0.3, -0.25) is 9.59 Å². The molecular formula is C34H44N2O2. The zero-order chi connectivity index (χ0) is 27.9. The second-order valence-electron chi connectivity index (χ2n) is 12.4. The van der Waals surface area contributed by atoms with E-state index in [1.807, 2.05) is 76.2 Å². The van der Waals surface area contributed by atoms with Crippen molar-refractivity contribution in [1.82, 2.24) is 10.2 Å². The van der Waals surface area contributed by atoms with Gasteiger partial charge in [-0.2, -0.15) is 0 Å². The summed E-state index contributed by atoms with van der Waals surface area (Å²) in [5.41, 5.74) is 5.27. The summed E-state index contributed by atoms with van der Waals surface area (Å²) in [5, 5.41) is 3.13. The molecule has 4 heteroatoms. The van der Waals surface area contributed by atoms with Gasteiger partial charge in [-0.25, -0.2) is 0 Å². The van der Waals surface area contributed by atoms with Gasteiger partial charge in [-0.1, -0.05) is 105 Å². The van der Waals surface area contributed by atoms with Gasteiger partial charge in [0.2, 0.25) is 11.8 Å². The highest BCUT2D eigenvalue weighted by atomic mass is 16.2. The lowest BCUT2D eigenvalue weighted by Crippen LogP contribution is -2.54. The second-order valence-corrected chi connectivity index (χ2v) is 12.4. The lowest BCUT2D eigenvalue weighted by Gasteiger charge is -2.34. The SMILES string of the molecule is Cc1cccc(CN(C(=O)CCc2ccc(C(C)(C)C)cc2)C(Cc2ccccc2)C(=O)NC(C)(C)C)c1. The molecule has 0 aromatic heterocycles. The van der Waals surface area contributed by atoms with E-state index in [2.05, 4.69) is 56.4 Å². The van der Waals surface area contributed by atoms with Gasteiger partial charge in [-0.05, 0) is 61.8 Å². The standard InChI is InChI=1S/C34H44N2O2/c1-25-12-11-15-28(22-25)24-36(31(37)21-18-26-16-19-29(20-17-26)33(2,3)4)30(32(38)35-34(5,6)7)23-27-13-9-8-10-14-27/h8-17,19-20,22,30H,18,21,23-24H2,1-7H3,(H,35,38). The van der Waals surface area contributed by atoms with Crippen molar-refractivity contribution in [2.45, 2.75) is 91.3 Å². The first-order valence-electron chi connectivity index (χ1n) is 13.6. The van der Waals surface area contributed by atoms with Crippen LogP contribution < -0.4 is 5.32 Å². The Kier molecular flexibility index (Phi) is 9.54. The van der Waals surface area contributed by atoms with E-state index in [0.29, 0.717) is 25.8 Å². The minimum atomic E-state index is -0.618. The van der Waals surface area contributed by atoms with Crippen LogP contribution in [0.25, 0.3) is 0 Å². The Bertz CT molecular complexity index is 1200. The number of aryl methyl sites for hydroxylation is 2. The maximum Gasteiger partial charge on any atom is 0.243 e. The number of benzene rings is 3. The summed E-state index contributed by atoms with van der Waals surface area (Å²) < 4.78 is 0. The van der Waals surface area contributed by atoms with Crippen molar-refractivity contribution in [1.29, 1.82) is 0 Å². The van der Waals surface area contributed by atoms with Gasteiger partial charge >= 0.3 is 0 Å². The Morgan fingerprint density at radius 3 is 2.00 bits per heavy atom. The number of carbonyl (C=O) groups excluding carboxylic acids is 2. The molecule has 202 valence electrons. The van der Waals surface area contributed by atoms with Crippen molar-refractivity contribution in [2.24, 2.45) is 0 Å². The van der Waals surface area contributed by atoms with Crippen LogP contribution in [0, 0.1) is 6.92 Å². The molecular weight excluding hydrogens is 468 g/mol. The zero-order valence-corrected chi connectivity index (χ0v) is 24.2. The Hall–Kier alpha value is -3.40. The van der Waals surface area contributed by atoms with Crippen LogP contribution in [0.5, 0.6) is 0 Å². The van der Waals surface area contributed by atoms with Crippen LogP contribution in [0.3, 0.4) is 0 Å². The van der Waals surface area contributed by atoms with Gasteiger partial charge in [0.25, 0.3) is 0 Å². The molecule has 2 amide bonds. The summed E-state index contributed by atoms with van der Waals surface area (Å²) in [5.74, 6) is -0.145. The summed E-state index contributed by atoms with van der Waals surface area (Å²) >= 11 is 0. The third-order valence-corrected chi connectivity index (χ3v) is 6.65. The quantitative estimate of drug-likeness (QED) is 0.344. The molecule has 1 atom stereocenters. The summed E-state index contributed by atoms with van der Waals surface area (Å²) in [6, 6.07) is 26.0. The summed E-state index contributed by atoms with van der Waals surface area (Å²) in [6.07, 6.45) is 1.43. The van der Waals surface area contributed by atoms with Crippen molar-refractivity contribution >= 4 is 11.8 Å². The third-order valence-electron chi connectivity index (χ3n) is 6.65. The number of hydrogen-bond donors (Lipinski definition) is 1. The molecule has 0 aliphatic carbocycles. The highest BCUT2D eigenvalue weighted by molar-refractivity contribution is 5.88. The molecule has 3 aromatic carbocycles. The molecule has 1 unspecified atom stereocenters. The van der Waals surface area contributed by atoms with Crippen molar-refractivity contribution in [3.05, 3.63) is 107 Å². The van der Waals surface area contributed by atoms with Gasteiger partial charge in [0, 0.05) is 24.9 Å². The number of nitrogens with one attached hydrogen (secondary N) is 1. The minimum absolute atomic E-state index is 0.0172. The summed E-state index contributed by atoms with van der Waals surface area (Å²) in [7, 11) is 0. The van der Waals surface area contributed by atoms with E-state index in [4.69, 9.17) is 0 Å². The topological polar surface area (TPSA) is 49.4 Å². The molecule has 0 saturated heterocycles. The van der Waals surface area contributed by atoms with E-state index in [1.165, 1.54) is 5.56 Å². The Balaban J connectivity index is 1.90. The smallest absolute Gasteiger partial charge is 0.243 e. The number of hydrogen-bond acceptors (Lipinski definition) is 2. The summed E-state index contributed by atoms with van der Waals surface area (Å²) in [6.45, 7) is 14.9. The van der Waals surface area contributed by atoms with Gasteiger partial charge in [0.05, 0.1) is 0 Å². The average Bonchev–Trinajstić information content (AvgIpc) is 2.84. The van der Waals surface area contributed by atoms with Gasteiger partial charge in [0.1, 0.15) is 6.04 Å². The summed E-state index contributed by atoms with van der Waals surface area (Å²) in [4.78, 5) is 29.3. The van der Waals surface area contributed by atoms with Crippen LogP contribution in [0.15, 0.2) is 78.9 Å². The van der Waals surface area contributed by atoms with Gasteiger partial charge in [-0.15, -0.1) is 0 Å². The van der Waals surface area contributed by atoms with Crippen molar-refractivity contribution in [2.75, 3.05) is 0 Å². The molecule has 0 radical (unpaired) electrons. The minimum Gasteiger partial charge on any atom is -0.350 e. The Labute approximate surface area is 229 Å². The maximum absolute atomic E-state index is 13.9. The van der Waals surface area contributed by atoms with E-state index in [0.717, 1.165) is 22.3 Å². The van der Waals surface area contributed by atoms with Crippen LogP contribution >= 0.6 is 0 Å². The number of nitrogens with zero attached hydrogens (tertiary/aromatic N) is 1. The molecule has 0 aliphatic rings. The molecule has 38 heavy (non-hydrogen) atoms. The second kappa shape index (κ2) is 12.4. The predicted octanol–water partition coefficient (Wildman–Crippen LogP) is 6.78. The first-order valence-corrected chi connectivity index (χ1v) is 13.6. The van der Waals surface area contributed by atoms with E-state index in [-0.39, 0.29) is 17.2 Å². The zero-order valence-electron chi connectivity index (χ0n) is 24.2. The molecule has 0 saturated carbocycles. The van der Waals surface area contributed by atoms with E-state index >= 15 is 0 Å². The lowest BCUT2D eigenvalue weighted by atomic mass is 9.86.